The summed E-state index contributed by atoms with van der Waals surface area (Å²) in [5, 5.41) is 19.7. The Morgan fingerprint density at radius 2 is 2.31 bits per heavy atom. The zero-order valence-corrected chi connectivity index (χ0v) is 8.72. The maximum absolute atomic E-state index is 10.9. The molecule has 1 aromatic carbocycles. The van der Waals surface area contributed by atoms with E-state index in [-0.39, 0.29) is 12.1 Å². The molecule has 1 N–H and O–H groups in total. The number of carboxylic acid groups (broad SMARTS) is 1. The van der Waals surface area contributed by atoms with E-state index >= 15 is 0 Å². The number of hydrogen-bond acceptors (Lipinski definition) is 4. The van der Waals surface area contributed by atoms with E-state index in [0.29, 0.717) is 10.7 Å². The van der Waals surface area contributed by atoms with Gasteiger partial charge in [-0.15, -0.1) is 0 Å². The second-order valence-corrected chi connectivity index (χ2v) is 3.82. The van der Waals surface area contributed by atoms with Crippen LogP contribution in [0.3, 0.4) is 0 Å². The number of benzene rings is 1. The van der Waals surface area contributed by atoms with Gasteiger partial charge in [-0.2, -0.15) is 0 Å². The molecule has 1 heterocycles. The zero-order valence-electron chi connectivity index (χ0n) is 7.96. The van der Waals surface area contributed by atoms with E-state index in [4.69, 9.17) is 16.7 Å². The van der Waals surface area contributed by atoms with Crippen molar-refractivity contribution in [2.75, 3.05) is 11.4 Å². The molecule has 2 rings (SSSR count). The molecule has 84 valence electrons. The molecule has 0 bridgehead atoms. The summed E-state index contributed by atoms with van der Waals surface area (Å²) in [5.74, 6) is -1.15. The van der Waals surface area contributed by atoms with Gasteiger partial charge in [-0.25, -0.2) is 4.79 Å². The first-order valence-corrected chi connectivity index (χ1v) is 4.81. The molecule has 0 saturated carbocycles. The third-order valence-electron chi connectivity index (χ3n) is 2.33. The summed E-state index contributed by atoms with van der Waals surface area (Å²) in [4.78, 5) is 22.4. The molecule has 1 unspecified atom stereocenters. The lowest BCUT2D eigenvalue weighted by molar-refractivity contribution is -0.492. The molecule has 7 heteroatoms. The van der Waals surface area contributed by atoms with Crippen molar-refractivity contribution >= 4 is 23.3 Å². The lowest BCUT2D eigenvalue weighted by atomic mass is 10.2. The van der Waals surface area contributed by atoms with Crippen LogP contribution >= 0.6 is 11.6 Å². The lowest BCUT2D eigenvalue weighted by Gasteiger charge is -2.06. The Kier molecular flexibility index (Phi) is 2.43. The number of nitrogens with zero attached hydrogens (tertiary/aromatic N) is 2. The minimum Gasteiger partial charge on any atom is -0.478 e. The molecule has 1 atom stereocenters. The summed E-state index contributed by atoms with van der Waals surface area (Å²) < 4.78 is 0. The summed E-state index contributed by atoms with van der Waals surface area (Å²) in [6.07, 6.45) is -0.820. The third kappa shape index (κ3) is 1.79. The fourth-order valence-electron chi connectivity index (χ4n) is 1.50. The molecular weight excluding hydrogens is 236 g/mol. The number of aromatic carboxylic acids is 1. The van der Waals surface area contributed by atoms with Crippen molar-refractivity contribution < 1.29 is 14.8 Å². The molecule has 16 heavy (non-hydrogen) atoms. The molecule has 6 nitrogen and oxygen atoms in total. The van der Waals surface area contributed by atoms with Crippen LogP contribution in [0.1, 0.15) is 10.4 Å². The van der Waals surface area contributed by atoms with Gasteiger partial charge in [0.15, 0.2) is 0 Å². The molecule has 1 fully saturated rings. The normalized spacial score (nSPS) is 18.3. The van der Waals surface area contributed by atoms with Gasteiger partial charge in [0.1, 0.15) is 6.54 Å². The fraction of sp³-hybridized carbons (Fsp3) is 0.222. The Balaban J connectivity index is 2.35. The SMILES string of the molecule is O=C(O)c1cc(Cl)ccc1N1CC1[N+](=O)[O-]. The number of carbonyl (C=O) groups is 1. The first-order chi connectivity index (χ1) is 7.50. The predicted octanol–water partition coefficient (Wildman–Crippen LogP) is 1.46. The van der Waals surface area contributed by atoms with E-state index in [1.807, 2.05) is 0 Å². The lowest BCUT2D eigenvalue weighted by Crippen LogP contribution is -2.12. The van der Waals surface area contributed by atoms with Gasteiger partial charge >= 0.3 is 12.1 Å². The van der Waals surface area contributed by atoms with Gasteiger partial charge in [-0.3, -0.25) is 15.0 Å². The van der Waals surface area contributed by atoms with Crippen molar-refractivity contribution in [3.05, 3.63) is 38.9 Å². The standard InChI is InChI=1S/C9H7ClN2O4/c10-5-1-2-7(6(3-5)9(13)14)11-4-8(11)12(15)16/h1-3,8H,4H2,(H,13,14). The summed E-state index contributed by atoms with van der Waals surface area (Å²) in [6, 6.07) is 4.28. The Bertz CT molecular complexity index is 477. The highest BCUT2D eigenvalue weighted by atomic mass is 35.5. The number of halogens is 1. The van der Waals surface area contributed by atoms with E-state index < -0.39 is 17.1 Å². The minimum atomic E-state index is -1.15. The first kappa shape index (κ1) is 10.7. The number of nitro groups is 1. The van der Waals surface area contributed by atoms with Crippen molar-refractivity contribution in [2.24, 2.45) is 0 Å². The van der Waals surface area contributed by atoms with Crippen LogP contribution in [0.15, 0.2) is 18.2 Å². The largest absolute Gasteiger partial charge is 0.478 e. The van der Waals surface area contributed by atoms with Crippen molar-refractivity contribution in [3.63, 3.8) is 0 Å². The topological polar surface area (TPSA) is 83.4 Å². The first-order valence-electron chi connectivity index (χ1n) is 4.43. The van der Waals surface area contributed by atoms with Gasteiger partial charge in [-0.05, 0) is 18.2 Å². The van der Waals surface area contributed by atoms with E-state index in [0.717, 1.165) is 0 Å². The van der Waals surface area contributed by atoms with Gasteiger partial charge in [-0.1, -0.05) is 11.6 Å². The highest BCUT2D eigenvalue weighted by molar-refractivity contribution is 6.31. The Morgan fingerprint density at radius 3 is 2.81 bits per heavy atom. The van der Waals surface area contributed by atoms with Crippen molar-refractivity contribution in [1.82, 2.24) is 0 Å². The Morgan fingerprint density at radius 1 is 1.62 bits per heavy atom. The number of hydrogen-bond donors (Lipinski definition) is 1. The molecule has 0 radical (unpaired) electrons. The summed E-state index contributed by atoms with van der Waals surface area (Å²) >= 11 is 5.67. The molecular formula is C9H7ClN2O4. The monoisotopic (exact) mass is 242 g/mol. The van der Waals surface area contributed by atoms with E-state index in [9.17, 15) is 14.9 Å². The van der Waals surface area contributed by atoms with Crippen LogP contribution in [-0.4, -0.2) is 28.7 Å². The van der Waals surface area contributed by atoms with Gasteiger partial charge in [0.25, 0.3) is 0 Å². The summed E-state index contributed by atoms with van der Waals surface area (Å²) in [5.41, 5.74) is 0.315. The minimum absolute atomic E-state index is 0.0168. The van der Waals surface area contributed by atoms with Crippen LogP contribution in [0.25, 0.3) is 0 Å². The van der Waals surface area contributed by atoms with Gasteiger partial charge in [0.2, 0.25) is 0 Å². The van der Waals surface area contributed by atoms with Crippen LogP contribution in [-0.2, 0) is 0 Å². The molecule has 0 aliphatic carbocycles. The molecule has 1 aliphatic rings. The highest BCUT2D eigenvalue weighted by Crippen LogP contribution is 2.32. The predicted molar refractivity (Wildman–Crippen MR) is 56.5 cm³/mol. The molecule has 0 amide bonds. The summed E-state index contributed by atoms with van der Waals surface area (Å²) in [7, 11) is 0. The van der Waals surface area contributed by atoms with Gasteiger partial charge in [0.05, 0.1) is 11.3 Å². The van der Waals surface area contributed by atoms with Crippen LogP contribution in [0.2, 0.25) is 5.02 Å². The van der Waals surface area contributed by atoms with E-state index in [1.165, 1.54) is 23.1 Å². The molecule has 1 saturated heterocycles. The highest BCUT2D eigenvalue weighted by Gasteiger charge is 2.46. The molecule has 0 spiro atoms. The smallest absolute Gasteiger partial charge is 0.337 e. The van der Waals surface area contributed by atoms with E-state index in [1.54, 1.807) is 0 Å². The Hall–Kier alpha value is -1.82. The van der Waals surface area contributed by atoms with Crippen molar-refractivity contribution in [1.29, 1.82) is 0 Å². The third-order valence-corrected chi connectivity index (χ3v) is 2.56. The van der Waals surface area contributed by atoms with Crippen molar-refractivity contribution in [3.8, 4) is 0 Å². The average molecular weight is 243 g/mol. The maximum atomic E-state index is 10.9. The van der Waals surface area contributed by atoms with Crippen LogP contribution in [0, 0.1) is 10.1 Å². The van der Waals surface area contributed by atoms with Crippen LogP contribution in [0.4, 0.5) is 5.69 Å². The molecule has 1 aromatic rings. The summed E-state index contributed by atoms with van der Waals surface area (Å²) in [6.45, 7) is 0.231. The second-order valence-electron chi connectivity index (χ2n) is 3.38. The number of carboxylic acids is 1. The zero-order chi connectivity index (χ0) is 11.9. The number of rotatable bonds is 3. The average Bonchev–Trinajstić information content (AvgIpc) is 2.97. The number of anilines is 1. The molecule has 0 aromatic heterocycles. The molecule has 1 aliphatic heterocycles. The Labute approximate surface area is 95.2 Å². The maximum Gasteiger partial charge on any atom is 0.337 e. The quantitative estimate of drug-likeness (QED) is 0.493. The van der Waals surface area contributed by atoms with Gasteiger partial charge < -0.3 is 5.11 Å². The van der Waals surface area contributed by atoms with Crippen LogP contribution in [0.5, 0.6) is 0 Å². The van der Waals surface area contributed by atoms with Crippen molar-refractivity contribution in [2.45, 2.75) is 6.17 Å². The van der Waals surface area contributed by atoms with E-state index in [2.05, 4.69) is 0 Å². The second kappa shape index (κ2) is 3.64. The fourth-order valence-corrected chi connectivity index (χ4v) is 1.67. The van der Waals surface area contributed by atoms with Gasteiger partial charge in [0, 0.05) is 9.95 Å². The van der Waals surface area contributed by atoms with Crippen LogP contribution < -0.4 is 4.90 Å².